The van der Waals surface area contributed by atoms with E-state index in [0.717, 1.165) is 11.3 Å². The minimum absolute atomic E-state index is 0.0814. The molecule has 3 aromatic rings. The molecule has 19 heavy (non-hydrogen) atoms. The highest BCUT2D eigenvalue weighted by Crippen LogP contribution is 2.29. The predicted octanol–water partition coefficient (Wildman–Crippen LogP) is 3.38. The highest BCUT2D eigenvalue weighted by molar-refractivity contribution is 7.15. The second-order valence-electron chi connectivity index (χ2n) is 4.52. The van der Waals surface area contributed by atoms with Crippen LogP contribution < -0.4 is 0 Å². The zero-order valence-corrected chi connectivity index (χ0v) is 11.4. The first kappa shape index (κ1) is 11.9. The molecule has 0 atom stereocenters. The average molecular weight is 272 g/mol. The Morgan fingerprint density at radius 3 is 2.84 bits per heavy atom. The van der Waals surface area contributed by atoms with Crippen molar-refractivity contribution in [2.75, 3.05) is 0 Å². The number of thiazole rings is 1. The van der Waals surface area contributed by atoms with Gasteiger partial charge in [-0.25, -0.2) is 9.78 Å². The molecule has 0 aliphatic rings. The number of imidazole rings is 1. The number of carboxylic acid groups (broad SMARTS) is 1. The van der Waals surface area contributed by atoms with Crippen molar-refractivity contribution in [3.8, 4) is 11.3 Å². The summed E-state index contributed by atoms with van der Waals surface area (Å²) in [7, 11) is 0. The predicted molar refractivity (Wildman–Crippen MR) is 74.9 cm³/mol. The Balaban J connectivity index is 2.21. The third-order valence-corrected chi connectivity index (χ3v) is 3.93. The highest BCUT2D eigenvalue weighted by atomic mass is 32.1. The quantitative estimate of drug-likeness (QED) is 0.778. The van der Waals surface area contributed by atoms with E-state index < -0.39 is 5.97 Å². The summed E-state index contributed by atoms with van der Waals surface area (Å²) < 4.78 is 1.84. The van der Waals surface area contributed by atoms with Crippen LogP contribution in [0.2, 0.25) is 0 Å². The van der Waals surface area contributed by atoms with Crippen molar-refractivity contribution in [3.05, 3.63) is 46.6 Å². The number of carbonyl (C=O) groups is 1. The van der Waals surface area contributed by atoms with Crippen LogP contribution >= 0.6 is 11.3 Å². The molecule has 0 aliphatic carbocycles. The van der Waals surface area contributed by atoms with Crippen LogP contribution in [-0.2, 0) is 0 Å². The van der Waals surface area contributed by atoms with Crippen molar-refractivity contribution in [1.29, 1.82) is 0 Å². The Kier molecular flexibility index (Phi) is 2.64. The molecule has 0 aliphatic heterocycles. The van der Waals surface area contributed by atoms with E-state index in [0.29, 0.717) is 4.96 Å². The Bertz CT molecular complexity index is 786. The molecule has 1 N–H and O–H groups in total. The van der Waals surface area contributed by atoms with Crippen molar-refractivity contribution >= 4 is 22.3 Å². The minimum Gasteiger partial charge on any atom is -0.476 e. The molecule has 5 heteroatoms. The summed E-state index contributed by atoms with van der Waals surface area (Å²) in [6.45, 7) is 4.11. The third-order valence-electron chi connectivity index (χ3n) is 3.09. The number of fused-ring (bicyclic) bond motifs is 1. The standard InChI is InChI=1S/C14H12N2O2S/c1-8-3-4-10(9(2)5-8)12-7-19-14-15-11(13(17)18)6-16(12)14/h3-7H,1-2H3,(H,17,18). The number of hydrogen-bond acceptors (Lipinski definition) is 3. The van der Waals surface area contributed by atoms with Gasteiger partial charge in [0.05, 0.1) is 5.69 Å². The molecule has 0 saturated carbocycles. The molecule has 1 aromatic carbocycles. The molecule has 0 unspecified atom stereocenters. The monoisotopic (exact) mass is 272 g/mol. The largest absolute Gasteiger partial charge is 0.476 e. The number of aryl methyl sites for hydroxylation is 2. The Hall–Kier alpha value is -2.14. The zero-order chi connectivity index (χ0) is 13.6. The number of aromatic carboxylic acids is 1. The van der Waals surface area contributed by atoms with Gasteiger partial charge < -0.3 is 5.11 Å². The second kappa shape index (κ2) is 4.20. The number of aromatic nitrogens is 2. The molecule has 96 valence electrons. The van der Waals surface area contributed by atoms with Gasteiger partial charge in [0.2, 0.25) is 0 Å². The van der Waals surface area contributed by atoms with Gasteiger partial charge in [0, 0.05) is 17.1 Å². The molecule has 4 nitrogen and oxygen atoms in total. The first-order chi connectivity index (χ1) is 9.06. The first-order valence-corrected chi connectivity index (χ1v) is 6.72. The van der Waals surface area contributed by atoms with Gasteiger partial charge >= 0.3 is 5.97 Å². The molecule has 0 radical (unpaired) electrons. The highest BCUT2D eigenvalue weighted by Gasteiger charge is 2.14. The summed E-state index contributed by atoms with van der Waals surface area (Å²) in [4.78, 5) is 15.7. The van der Waals surface area contributed by atoms with E-state index in [2.05, 4.69) is 37.0 Å². The van der Waals surface area contributed by atoms with E-state index in [9.17, 15) is 4.79 Å². The molecule has 0 amide bonds. The van der Waals surface area contributed by atoms with Crippen LogP contribution in [-0.4, -0.2) is 20.5 Å². The number of rotatable bonds is 2. The lowest BCUT2D eigenvalue weighted by atomic mass is 10.0. The fraction of sp³-hybridized carbons (Fsp3) is 0.143. The third kappa shape index (κ3) is 1.92. The van der Waals surface area contributed by atoms with Gasteiger partial charge in [-0.2, -0.15) is 0 Å². The Morgan fingerprint density at radius 1 is 1.37 bits per heavy atom. The molecule has 2 heterocycles. The van der Waals surface area contributed by atoms with E-state index in [-0.39, 0.29) is 5.69 Å². The Labute approximate surface area is 114 Å². The summed E-state index contributed by atoms with van der Waals surface area (Å²) in [6.07, 6.45) is 1.57. The number of benzene rings is 1. The average Bonchev–Trinajstić information content (AvgIpc) is 2.89. The van der Waals surface area contributed by atoms with E-state index >= 15 is 0 Å². The summed E-state index contributed by atoms with van der Waals surface area (Å²) >= 11 is 1.45. The van der Waals surface area contributed by atoms with Crippen LogP contribution in [0.4, 0.5) is 0 Å². The van der Waals surface area contributed by atoms with Crippen molar-refractivity contribution in [2.45, 2.75) is 13.8 Å². The summed E-state index contributed by atoms with van der Waals surface area (Å²) in [6, 6.07) is 6.24. The number of hydrogen-bond donors (Lipinski definition) is 1. The SMILES string of the molecule is Cc1ccc(-c2csc3nc(C(=O)O)cn23)c(C)c1. The normalized spacial score (nSPS) is 11.1. The maximum absolute atomic E-state index is 11.0. The van der Waals surface area contributed by atoms with Crippen molar-refractivity contribution in [3.63, 3.8) is 0 Å². The lowest BCUT2D eigenvalue weighted by Crippen LogP contribution is -1.95. The van der Waals surface area contributed by atoms with Gasteiger partial charge in [0.25, 0.3) is 0 Å². The van der Waals surface area contributed by atoms with Crippen LogP contribution in [0, 0.1) is 13.8 Å². The van der Waals surface area contributed by atoms with E-state index in [1.54, 1.807) is 6.20 Å². The topological polar surface area (TPSA) is 54.6 Å². The van der Waals surface area contributed by atoms with Crippen LogP contribution in [0.25, 0.3) is 16.2 Å². The van der Waals surface area contributed by atoms with Crippen LogP contribution in [0.5, 0.6) is 0 Å². The minimum atomic E-state index is -0.998. The Morgan fingerprint density at radius 2 is 2.16 bits per heavy atom. The van der Waals surface area contributed by atoms with Crippen LogP contribution in [0.15, 0.2) is 29.8 Å². The first-order valence-electron chi connectivity index (χ1n) is 5.84. The van der Waals surface area contributed by atoms with Gasteiger partial charge in [-0.1, -0.05) is 23.8 Å². The maximum Gasteiger partial charge on any atom is 0.356 e. The molecular weight excluding hydrogens is 260 g/mol. The molecule has 2 aromatic heterocycles. The van der Waals surface area contributed by atoms with Crippen molar-refractivity contribution < 1.29 is 9.90 Å². The number of nitrogens with zero attached hydrogens (tertiary/aromatic N) is 2. The molecule has 0 spiro atoms. The van der Waals surface area contributed by atoms with Gasteiger partial charge in [-0.15, -0.1) is 11.3 Å². The molecular formula is C14H12N2O2S. The van der Waals surface area contributed by atoms with Gasteiger partial charge in [0.15, 0.2) is 10.7 Å². The van der Waals surface area contributed by atoms with E-state index in [1.807, 2.05) is 9.78 Å². The number of carboxylic acids is 1. The summed E-state index contributed by atoms with van der Waals surface area (Å²) in [5, 5.41) is 11.0. The van der Waals surface area contributed by atoms with Gasteiger partial charge in [-0.05, 0) is 19.4 Å². The molecule has 3 rings (SSSR count). The lowest BCUT2D eigenvalue weighted by molar-refractivity contribution is 0.0691. The summed E-state index contributed by atoms with van der Waals surface area (Å²) in [5.41, 5.74) is 4.55. The second-order valence-corrected chi connectivity index (χ2v) is 5.36. The smallest absolute Gasteiger partial charge is 0.356 e. The van der Waals surface area contributed by atoms with Crippen LogP contribution in [0.1, 0.15) is 21.6 Å². The fourth-order valence-corrected chi connectivity index (χ4v) is 3.05. The summed E-state index contributed by atoms with van der Waals surface area (Å²) in [5.74, 6) is -0.998. The lowest BCUT2D eigenvalue weighted by Gasteiger charge is -2.05. The van der Waals surface area contributed by atoms with E-state index in [1.165, 1.54) is 22.5 Å². The van der Waals surface area contributed by atoms with Crippen LogP contribution in [0.3, 0.4) is 0 Å². The van der Waals surface area contributed by atoms with Gasteiger partial charge in [0.1, 0.15) is 0 Å². The van der Waals surface area contributed by atoms with Crippen molar-refractivity contribution in [2.24, 2.45) is 0 Å². The maximum atomic E-state index is 11.0. The van der Waals surface area contributed by atoms with E-state index in [4.69, 9.17) is 5.11 Å². The zero-order valence-electron chi connectivity index (χ0n) is 10.5. The fourth-order valence-electron chi connectivity index (χ4n) is 2.18. The van der Waals surface area contributed by atoms with Crippen molar-refractivity contribution in [1.82, 2.24) is 9.38 Å². The molecule has 0 bridgehead atoms. The molecule has 0 fully saturated rings. The molecule has 0 saturated heterocycles. The van der Waals surface area contributed by atoms with Gasteiger partial charge in [-0.3, -0.25) is 4.40 Å².